The third-order valence-corrected chi connectivity index (χ3v) is 3.61. The van der Waals surface area contributed by atoms with E-state index in [0.717, 1.165) is 11.4 Å². The van der Waals surface area contributed by atoms with Crippen molar-refractivity contribution >= 4 is 10.9 Å². The number of para-hydroxylation sites is 1. The minimum Gasteiger partial charge on any atom is -0.347 e. The number of nitrogens with zero attached hydrogens (tertiary/aromatic N) is 4. The van der Waals surface area contributed by atoms with E-state index in [1.54, 1.807) is 4.68 Å². The molecule has 98 valence electrons. The van der Waals surface area contributed by atoms with Gasteiger partial charge in [0, 0.05) is 36.3 Å². The van der Waals surface area contributed by atoms with Crippen LogP contribution in [0.4, 0.5) is 0 Å². The van der Waals surface area contributed by atoms with Crippen LogP contribution in [0.15, 0.2) is 24.3 Å². The number of hydrogen-bond donors (Lipinski definition) is 1. The molecule has 0 fully saturated rings. The molecule has 0 saturated carbocycles. The van der Waals surface area contributed by atoms with Crippen LogP contribution in [0.25, 0.3) is 22.3 Å². The van der Waals surface area contributed by atoms with Gasteiger partial charge in [-0.1, -0.05) is 18.2 Å². The van der Waals surface area contributed by atoms with Crippen LogP contribution < -0.4 is 5.73 Å². The molecule has 0 amide bonds. The number of hydrogen-bond acceptors (Lipinski definition) is 3. The summed E-state index contributed by atoms with van der Waals surface area (Å²) >= 11 is 0. The maximum Gasteiger partial charge on any atom is 0.164 e. The quantitative estimate of drug-likeness (QED) is 0.758. The van der Waals surface area contributed by atoms with Crippen LogP contribution in [0.5, 0.6) is 0 Å². The maximum absolute atomic E-state index is 5.62. The number of rotatable bonds is 2. The van der Waals surface area contributed by atoms with Crippen molar-refractivity contribution in [3.63, 3.8) is 0 Å². The number of fused-ring (bicyclic) bond motifs is 1. The van der Waals surface area contributed by atoms with E-state index in [2.05, 4.69) is 40.8 Å². The van der Waals surface area contributed by atoms with E-state index >= 15 is 0 Å². The van der Waals surface area contributed by atoms with Gasteiger partial charge >= 0.3 is 0 Å². The fourth-order valence-electron chi connectivity index (χ4n) is 2.54. The lowest BCUT2D eigenvalue weighted by molar-refractivity contribution is 0.748. The van der Waals surface area contributed by atoms with Crippen LogP contribution in [0.2, 0.25) is 0 Å². The summed E-state index contributed by atoms with van der Waals surface area (Å²) in [5.41, 5.74) is 9.14. The molecule has 0 spiro atoms. The molecule has 0 aliphatic heterocycles. The van der Waals surface area contributed by atoms with Crippen LogP contribution in [0.3, 0.4) is 0 Å². The van der Waals surface area contributed by atoms with Crippen LogP contribution in [0, 0.1) is 6.92 Å². The molecule has 0 radical (unpaired) electrons. The van der Waals surface area contributed by atoms with Gasteiger partial charge in [0.05, 0.1) is 6.54 Å². The average Bonchev–Trinajstić information content (AvgIpc) is 2.90. The van der Waals surface area contributed by atoms with Crippen LogP contribution in [-0.2, 0) is 20.6 Å². The zero-order valence-electron chi connectivity index (χ0n) is 11.4. The highest BCUT2D eigenvalue weighted by atomic mass is 15.3. The Morgan fingerprint density at radius 2 is 1.95 bits per heavy atom. The Morgan fingerprint density at radius 3 is 2.63 bits per heavy atom. The molecular formula is C14H17N5. The van der Waals surface area contributed by atoms with E-state index in [9.17, 15) is 0 Å². The normalized spacial score (nSPS) is 11.4. The molecule has 5 heteroatoms. The predicted octanol–water partition coefficient (Wildman–Crippen LogP) is 1.74. The summed E-state index contributed by atoms with van der Waals surface area (Å²) in [5, 5.41) is 5.53. The Kier molecular flexibility index (Phi) is 2.64. The fourth-order valence-corrected chi connectivity index (χ4v) is 2.54. The van der Waals surface area contributed by atoms with Crippen LogP contribution >= 0.6 is 0 Å². The molecule has 2 N–H and O–H groups in total. The van der Waals surface area contributed by atoms with Crippen molar-refractivity contribution in [2.24, 2.45) is 19.8 Å². The highest BCUT2D eigenvalue weighted by Crippen LogP contribution is 2.32. The first-order valence-electron chi connectivity index (χ1n) is 6.28. The lowest BCUT2D eigenvalue weighted by Gasteiger charge is -2.01. The maximum atomic E-state index is 5.62. The predicted molar refractivity (Wildman–Crippen MR) is 75.5 cm³/mol. The van der Waals surface area contributed by atoms with Gasteiger partial charge in [-0.05, 0) is 13.0 Å². The summed E-state index contributed by atoms with van der Waals surface area (Å²) in [7, 11) is 3.98. The Morgan fingerprint density at radius 1 is 1.21 bits per heavy atom. The first kappa shape index (κ1) is 11.9. The molecule has 19 heavy (non-hydrogen) atoms. The molecule has 2 aromatic heterocycles. The van der Waals surface area contributed by atoms with Gasteiger partial charge < -0.3 is 10.3 Å². The molecule has 3 rings (SSSR count). The Labute approximate surface area is 111 Å². The lowest BCUT2D eigenvalue weighted by Crippen LogP contribution is -1.99. The summed E-state index contributed by atoms with van der Waals surface area (Å²) in [5.74, 6) is 1.54. The van der Waals surface area contributed by atoms with E-state index in [4.69, 9.17) is 5.73 Å². The Bertz CT molecular complexity index is 751. The third-order valence-electron chi connectivity index (χ3n) is 3.61. The molecule has 3 aromatic rings. The minimum absolute atomic E-state index is 0.359. The zero-order valence-corrected chi connectivity index (χ0v) is 11.4. The summed E-state index contributed by atoms with van der Waals surface area (Å²) in [4.78, 5) is 4.54. The average molecular weight is 255 g/mol. The molecule has 5 nitrogen and oxygen atoms in total. The van der Waals surface area contributed by atoms with Gasteiger partial charge in [0.25, 0.3) is 0 Å². The summed E-state index contributed by atoms with van der Waals surface area (Å²) in [6.07, 6.45) is 0. The van der Waals surface area contributed by atoms with Crippen molar-refractivity contribution in [2.75, 3.05) is 0 Å². The van der Waals surface area contributed by atoms with Gasteiger partial charge in [-0.25, -0.2) is 9.67 Å². The highest BCUT2D eigenvalue weighted by Gasteiger charge is 2.18. The van der Waals surface area contributed by atoms with Gasteiger partial charge in [0.1, 0.15) is 0 Å². The molecule has 2 heterocycles. The molecule has 0 bridgehead atoms. The van der Waals surface area contributed by atoms with Gasteiger partial charge in [0.15, 0.2) is 11.6 Å². The first-order chi connectivity index (χ1) is 9.13. The second kappa shape index (κ2) is 4.20. The molecule has 0 atom stereocenters. The van der Waals surface area contributed by atoms with E-state index in [1.165, 1.54) is 16.6 Å². The summed E-state index contributed by atoms with van der Waals surface area (Å²) in [6.45, 7) is 2.46. The fraction of sp³-hybridized carbons (Fsp3) is 0.286. The van der Waals surface area contributed by atoms with Crippen molar-refractivity contribution in [1.29, 1.82) is 0 Å². The number of benzene rings is 1. The van der Waals surface area contributed by atoms with E-state index in [1.807, 2.05) is 19.2 Å². The molecule has 0 aliphatic rings. The van der Waals surface area contributed by atoms with Crippen molar-refractivity contribution < 1.29 is 0 Å². The van der Waals surface area contributed by atoms with E-state index < -0.39 is 0 Å². The van der Waals surface area contributed by atoms with Crippen molar-refractivity contribution in [2.45, 2.75) is 13.5 Å². The monoisotopic (exact) mass is 255 g/mol. The largest absolute Gasteiger partial charge is 0.347 e. The second-order valence-electron chi connectivity index (χ2n) is 4.72. The molecule has 0 saturated heterocycles. The van der Waals surface area contributed by atoms with Gasteiger partial charge in [-0.2, -0.15) is 5.10 Å². The molecule has 1 aromatic carbocycles. The summed E-state index contributed by atoms with van der Waals surface area (Å²) in [6, 6.07) is 8.33. The lowest BCUT2D eigenvalue weighted by atomic mass is 10.1. The number of nitrogens with two attached hydrogens (primary N) is 1. The van der Waals surface area contributed by atoms with E-state index in [0.29, 0.717) is 12.4 Å². The topological polar surface area (TPSA) is 61.7 Å². The summed E-state index contributed by atoms with van der Waals surface area (Å²) < 4.78 is 3.98. The SMILES string of the molecule is Cc1c(-c2nc(CN)nn2C)c2ccccc2n1C. The highest BCUT2D eigenvalue weighted by molar-refractivity contribution is 5.96. The van der Waals surface area contributed by atoms with E-state index in [-0.39, 0.29) is 0 Å². The zero-order chi connectivity index (χ0) is 13.6. The second-order valence-corrected chi connectivity index (χ2v) is 4.72. The molecular weight excluding hydrogens is 238 g/mol. The molecule has 0 aliphatic carbocycles. The van der Waals surface area contributed by atoms with Crippen LogP contribution in [0.1, 0.15) is 11.5 Å². The van der Waals surface area contributed by atoms with Gasteiger partial charge in [0.2, 0.25) is 0 Å². The minimum atomic E-state index is 0.359. The van der Waals surface area contributed by atoms with Gasteiger partial charge in [-0.3, -0.25) is 0 Å². The first-order valence-corrected chi connectivity index (χ1v) is 6.28. The van der Waals surface area contributed by atoms with Crippen LogP contribution in [-0.4, -0.2) is 19.3 Å². The molecule has 0 unspecified atom stereocenters. The number of aryl methyl sites for hydroxylation is 2. The van der Waals surface area contributed by atoms with Crippen molar-refractivity contribution in [3.05, 3.63) is 35.8 Å². The third kappa shape index (κ3) is 1.66. The number of aromatic nitrogens is 4. The standard InChI is InChI=1S/C14H17N5/c1-9-13(14-16-12(8-15)17-19(14)3)10-6-4-5-7-11(10)18(9)2/h4-7H,8,15H2,1-3H3. The van der Waals surface area contributed by atoms with Crippen molar-refractivity contribution in [1.82, 2.24) is 19.3 Å². The Hall–Kier alpha value is -2.14. The Balaban J connectivity index is 2.36. The smallest absolute Gasteiger partial charge is 0.164 e. The van der Waals surface area contributed by atoms with Gasteiger partial charge in [-0.15, -0.1) is 0 Å². The van der Waals surface area contributed by atoms with Crippen molar-refractivity contribution in [3.8, 4) is 11.4 Å².